The molecule has 3 heteroatoms. The summed E-state index contributed by atoms with van der Waals surface area (Å²) in [5.41, 5.74) is 7.19. The van der Waals surface area contributed by atoms with E-state index in [2.05, 4.69) is 4.74 Å². The van der Waals surface area contributed by atoms with E-state index in [1.807, 2.05) is 25.1 Å². The molecule has 0 aromatic heterocycles. The molecular formula is C11H15NO2. The molecule has 1 aromatic rings. The second-order valence-corrected chi connectivity index (χ2v) is 3.25. The molecule has 0 saturated heterocycles. The van der Waals surface area contributed by atoms with Crippen LogP contribution < -0.4 is 5.73 Å². The number of esters is 1. The van der Waals surface area contributed by atoms with Crippen LogP contribution in [-0.4, -0.2) is 19.6 Å². The summed E-state index contributed by atoms with van der Waals surface area (Å²) in [6.07, 6.45) is 0. The van der Waals surface area contributed by atoms with Gasteiger partial charge in [0.1, 0.15) is 0 Å². The molecule has 0 aliphatic rings. The van der Waals surface area contributed by atoms with Gasteiger partial charge in [0.05, 0.1) is 12.7 Å². The minimum atomic E-state index is -0.309. The summed E-state index contributed by atoms with van der Waals surface area (Å²) < 4.78 is 4.63. The maximum atomic E-state index is 11.2. The van der Waals surface area contributed by atoms with Crippen LogP contribution in [0, 0.1) is 0 Å². The average molecular weight is 193 g/mol. The van der Waals surface area contributed by atoms with Gasteiger partial charge in [0.25, 0.3) is 0 Å². The molecule has 76 valence electrons. The summed E-state index contributed by atoms with van der Waals surface area (Å²) in [7, 11) is 1.38. The lowest BCUT2D eigenvalue weighted by atomic mass is 9.99. The number of hydrogen-bond donors (Lipinski definition) is 1. The smallest absolute Gasteiger partial charge is 0.337 e. The lowest BCUT2D eigenvalue weighted by Gasteiger charge is -2.09. The van der Waals surface area contributed by atoms with Gasteiger partial charge in [0, 0.05) is 0 Å². The molecule has 1 rings (SSSR count). The molecule has 0 spiro atoms. The van der Waals surface area contributed by atoms with Gasteiger partial charge in [-0.05, 0) is 30.2 Å². The van der Waals surface area contributed by atoms with Gasteiger partial charge in [-0.25, -0.2) is 4.79 Å². The van der Waals surface area contributed by atoms with Gasteiger partial charge in [-0.3, -0.25) is 0 Å². The Morgan fingerprint density at radius 2 is 2.29 bits per heavy atom. The Balaban J connectivity index is 2.95. The molecule has 0 bridgehead atoms. The van der Waals surface area contributed by atoms with E-state index in [0.29, 0.717) is 12.1 Å². The van der Waals surface area contributed by atoms with Crippen LogP contribution in [0.3, 0.4) is 0 Å². The number of benzene rings is 1. The first-order valence-electron chi connectivity index (χ1n) is 4.57. The minimum Gasteiger partial charge on any atom is -0.465 e. The van der Waals surface area contributed by atoms with Crippen molar-refractivity contribution in [2.24, 2.45) is 5.73 Å². The van der Waals surface area contributed by atoms with E-state index in [9.17, 15) is 4.79 Å². The Hall–Kier alpha value is -1.35. The molecule has 2 N–H and O–H groups in total. The molecule has 0 aliphatic carbocycles. The fourth-order valence-corrected chi connectivity index (χ4v) is 1.23. The molecule has 1 atom stereocenters. The first-order valence-corrected chi connectivity index (χ1v) is 4.57. The molecule has 0 amide bonds. The van der Waals surface area contributed by atoms with Crippen molar-refractivity contribution in [3.63, 3.8) is 0 Å². The van der Waals surface area contributed by atoms with Gasteiger partial charge in [0.2, 0.25) is 0 Å². The second-order valence-electron chi connectivity index (χ2n) is 3.25. The SMILES string of the molecule is COC(=O)c1cccc(C(C)CN)c1. The highest BCUT2D eigenvalue weighted by Crippen LogP contribution is 2.15. The highest BCUT2D eigenvalue weighted by molar-refractivity contribution is 5.89. The van der Waals surface area contributed by atoms with Gasteiger partial charge >= 0.3 is 5.97 Å². The Bertz CT molecular complexity index is 323. The van der Waals surface area contributed by atoms with Crippen molar-refractivity contribution in [1.82, 2.24) is 0 Å². The zero-order valence-electron chi connectivity index (χ0n) is 8.49. The Morgan fingerprint density at radius 1 is 1.57 bits per heavy atom. The van der Waals surface area contributed by atoms with Crippen molar-refractivity contribution in [2.75, 3.05) is 13.7 Å². The van der Waals surface area contributed by atoms with Crippen LogP contribution >= 0.6 is 0 Å². The standard InChI is InChI=1S/C11H15NO2/c1-8(7-12)9-4-3-5-10(6-9)11(13)14-2/h3-6,8H,7,12H2,1-2H3. The summed E-state index contributed by atoms with van der Waals surface area (Å²) in [6.45, 7) is 2.60. The van der Waals surface area contributed by atoms with Crippen LogP contribution in [0.25, 0.3) is 0 Å². The van der Waals surface area contributed by atoms with Gasteiger partial charge in [-0.1, -0.05) is 19.1 Å². The Labute approximate surface area is 83.9 Å². The highest BCUT2D eigenvalue weighted by Gasteiger charge is 2.08. The van der Waals surface area contributed by atoms with Gasteiger partial charge in [-0.15, -0.1) is 0 Å². The Kier molecular flexibility index (Phi) is 3.65. The van der Waals surface area contributed by atoms with E-state index in [1.54, 1.807) is 6.07 Å². The molecule has 1 unspecified atom stereocenters. The average Bonchev–Trinajstić information content (AvgIpc) is 2.27. The molecular weight excluding hydrogens is 178 g/mol. The van der Waals surface area contributed by atoms with Crippen LogP contribution in [0.15, 0.2) is 24.3 Å². The van der Waals surface area contributed by atoms with Crippen LogP contribution in [-0.2, 0) is 4.74 Å². The molecule has 0 heterocycles. The minimum absolute atomic E-state index is 0.264. The predicted octanol–water partition coefficient (Wildman–Crippen LogP) is 1.54. The molecule has 1 aromatic carbocycles. The predicted molar refractivity (Wildman–Crippen MR) is 55.3 cm³/mol. The van der Waals surface area contributed by atoms with Crippen molar-refractivity contribution < 1.29 is 9.53 Å². The highest BCUT2D eigenvalue weighted by atomic mass is 16.5. The molecule has 14 heavy (non-hydrogen) atoms. The third kappa shape index (κ3) is 2.33. The second kappa shape index (κ2) is 4.77. The maximum absolute atomic E-state index is 11.2. The first kappa shape index (κ1) is 10.7. The molecule has 0 saturated carbocycles. The number of nitrogens with two attached hydrogens (primary N) is 1. The molecule has 3 nitrogen and oxygen atoms in total. The fourth-order valence-electron chi connectivity index (χ4n) is 1.23. The van der Waals surface area contributed by atoms with E-state index in [-0.39, 0.29) is 11.9 Å². The summed E-state index contributed by atoms with van der Waals surface area (Å²) in [5, 5.41) is 0. The zero-order valence-corrected chi connectivity index (χ0v) is 8.49. The monoisotopic (exact) mass is 193 g/mol. The van der Waals surface area contributed by atoms with Crippen LogP contribution in [0.2, 0.25) is 0 Å². The van der Waals surface area contributed by atoms with Crippen LogP contribution in [0.5, 0.6) is 0 Å². The van der Waals surface area contributed by atoms with E-state index >= 15 is 0 Å². The summed E-state index contributed by atoms with van der Waals surface area (Å²) >= 11 is 0. The quantitative estimate of drug-likeness (QED) is 0.741. The van der Waals surface area contributed by atoms with Gasteiger partial charge in [0.15, 0.2) is 0 Å². The number of hydrogen-bond acceptors (Lipinski definition) is 3. The topological polar surface area (TPSA) is 52.3 Å². The van der Waals surface area contributed by atoms with E-state index in [0.717, 1.165) is 5.56 Å². The van der Waals surface area contributed by atoms with Crippen molar-refractivity contribution in [2.45, 2.75) is 12.8 Å². The van der Waals surface area contributed by atoms with Crippen LogP contribution in [0.4, 0.5) is 0 Å². The number of ether oxygens (including phenoxy) is 1. The normalized spacial score (nSPS) is 12.2. The summed E-state index contributed by atoms with van der Waals surface area (Å²) in [5.74, 6) is -0.0457. The third-order valence-corrected chi connectivity index (χ3v) is 2.23. The van der Waals surface area contributed by atoms with E-state index in [4.69, 9.17) is 5.73 Å². The summed E-state index contributed by atoms with van der Waals surface area (Å²) in [4.78, 5) is 11.2. The van der Waals surface area contributed by atoms with Crippen molar-refractivity contribution in [1.29, 1.82) is 0 Å². The van der Waals surface area contributed by atoms with Crippen LogP contribution in [0.1, 0.15) is 28.8 Å². The number of carbonyl (C=O) groups excluding carboxylic acids is 1. The molecule has 0 radical (unpaired) electrons. The maximum Gasteiger partial charge on any atom is 0.337 e. The number of methoxy groups -OCH3 is 1. The van der Waals surface area contributed by atoms with Gasteiger partial charge < -0.3 is 10.5 Å². The number of carbonyl (C=O) groups is 1. The lowest BCUT2D eigenvalue weighted by Crippen LogP contribution is -2.10. The zero-order chi connectivity index (χ0) is 10.6. The third-order valence-electron chi connectivity index (χ3n) is 2.23. The Morgan fingerprint density at radius 3 is 2.86 bits per heavy atom. The summed E-state index contributed by atoms with van der Waals surface area (Å²) in [6, 6.07) is 7.36. The van der Waals surface area contributed by atoms with Gasteiger partial charge in [-0.2, -0.15) is 0 Å². The fraction of sp³-hybridized carbons (Fsp3) is 0.364. The molecule has 0 fully saturated rings. The van der Waals surface area contributed by atoms with E-state index in [1.165, 1.54) is 7.11 Å². The largest absolute Gasteiger partial charge is 0.465 e. The first-order chi connectivity index (χ1) is 6.69. The van der Waals surface area contributed by atoms with Crippen molar-refractivity contribution in [3.8, 4) is 0 Å². The van der Waals surface area contributed by atoms with Crippen molar-refractivity contribution >= 4 is 5.97 Å². The molecule has 0 aliphatic heterocycles. The lowest BCUT2D eigenvalue weighted by molar-refractivity contribution is 0.0600. The van der Waals surface area contributed by atoms with Crippen molar-refractivity contribution in [3.05, 3.63) is 35.4 Å². The van der Waals surface area contributed by atoms with E-state index < -0.39 is 0 Å². The number of rotatable bonds is 3.